The molecule has 8 heteroatoms. The molecule has 3 heterocycles. The van der Waals surface area contributed by atoms with Gasteiger partial charge < -0.3 is 9.64 Å². The van der Waals surface area contributed by atoms with Crippen LogP contribution in [0.2, 0.25) is 5.02 Å². The molecule has 0 N–H and O–H groups in total. The van der Waals surface area contributed by atoms with Gasteiger partial charge >= 0.3 is 0 Å². The number of nitrogens with zero attached hydrogens (tertiary/aromatic N) is 5. The Kier molecular flexibility index (Phi) is 5.86. The number of hydrogen-bond donors (Lipinski definition) is 0. The summed E-state index contributed by atoms with van der Waals surface area (Å²) in [7, 11) is 0. The van der Waals surface area contributed by atoms with Crippen molar-refractivity contribution >= 4 is 23.6 Å². The Morgan fingerprint density at radius 1 is 1.10 bits per heavy atom. The van der Waals surface area contributed by atoms with Gasteiger partial charge in [0, 0.05) is 55.5 Å². The van der Waals surface area contributed by atoms with Crippen molar-refractivity contribution in [3.8, 4) is 11.7 Å². The number of halogens is 1. The van der Waals surface area contributed by atoms with E-state index in [4.69, 9.17) is 16.3 Å². The van der Waals surface area contributed by atoms with E-state index in [0.29, 0.717) is 29.8 Å². The molecule has 2 aromatic heterocycles. The Bertz CT molecular complexity index is 981. The van der Waals surface area contributed by atoms with E-state index in [2.05, 4.69) is 15.3 Å². The molecule has 4 rings (SSSR count). The first-order chi connectivity index (χ1) is 14.2. The first-order valence-electron chi connectivity index (χ1n) is 9.41. The molecule has 1 fully saturated rings. The summed E-state index contributed by atoms with van der Waals surface area (Å²) in [6.45, 7) is 1.27. The number of hydrogen-bond acceptors (Lipinski definition) is 5. The molecular formula is C21H20ClN5O2. The third kappa shape index (κ3) is 4.81. The minimum atomic E-state index is -0.0215. The smallest absolute Gasteiger partial charge is 0.246 e. The molecule has 0 spiro atoms. The highest BCUT2D eigenvalue weighted by molar-refractivity contribution is 6.32. The zero-order valence-corrected chi connectivity index (χ0v) is 16.4. The molecule has 0 bridgehead atoms. The van der Waals surface area contributed by atoms with Crippen LogP contribution in [-0.4, -0.2) is 50.0 Å². The summed E-state index contributed by atoms with van der Waals surface area (Å²) in [5.74, 6) is 1.09. The van der Waals surface area contributed by atoms with Crippen LogP contribution in [0.5, 0.6) is 5.88 Å². The van der Waals surface area contributed by atoms with Crippen LogP contribution in [0.25, 0.3) is 11.9 Å². The van der Waals surface area contributed by atoms with E-state index in [-0.39, 0.29) is 12.0 Å². The quantitative estimate of drug-likeness (QED) is 0.604. The third-order valence-electron chi connectivity index (χ3n) is 4.72. The largest absolute Gasteiger partial charge is 0.473 e. The second-order valence-corrected chi connectivity index (χ2v) is 7.08. The highest BCUT2D eigenvalue weighted by atomic mass is 35.5. The standard InChI is InChI=1S/C21H20ClN5O2/c22-18-5-2-1-4-16(18)6-9-21(28)26-14-10-17(11-15-26)29-20-8-7-19(24-25-20)27-13-3-12-23-27/h1-9,12-13,17H,10-11,14-15H2/b9-6+. The molecule has 0 unspecified atom stereocenters. The fourth-order valence-electron chi connectivity index (χ4n) is 3.14. The van der Waals surface area contributed by atoms with Gasteiger partial charge in [0.25, 0.3) is 0 Å². The monoisotopic (exact) mass is 409 g/mol. The first kappa shape index (κ1) is 19.1. The summed E-state index contributed by atoms with van der Waals surface area (Å²) in [4.78, 5) is 14.2. The molecule has 1 saturated heterocycles. The van der Waals surface area contributed by atoms with Crippen LogP contribution in [-0.2, 0) is 4.79 Å². The predicted molar refractivity (Wildman–Crippen MR) is 110 cm³/mol. The van der Waals surface area contributed by atoms with E-state index in [9.17, 15) is 4.79 Å². The lowest BCUT2D eigenvalue weighted by Crippen LogP contribution is -2.41. The summed E-state index contributed by atoms with van der Waals surface area (Å²) in [6, 6.07) is 12.9. The second-order valence-electron chi connectivity index (χ2n) is 6.68. The molecule has 0 radical (unpaired) electrons. The molecule has 0 saturated carbocycles. The summed E-state index contributed by atoms with van der Waals surface area (Å²) < 4.78 is 7.56. The van der Waals surface area contributed by atoms with Crippen LogP contribution in [0, 0.1) is 0 Å². The molecular weight excluding hydrogens is 390 g/mol. The fourth-order valence-corrected chi connectivity index (χ4v) is 3.34. The van der Waals surface area contributed by atoms with Crippen LogP contribution in [0.1, 0.15) is 18.4 Å². The molecule has 148 valence electrons. The maximum absolute atomic E-state index is 12.4. The number of carbonyl (C=O) groups excluding carboxylic acids is 1. The number of aromatic nitrogens is 4. The van der Waals surface area contributed by atoms with Gasteiger partial charge in [-0.1, -0.05) is 29.8 Å². The minimum Gasteiger partial charge on any atom is -0.473 e. The second kappa shape index (κ2) is 8.87. The Labute approximate surface area is 173 Å². The Morgan fingerprint density at radius 3 is 2.62 bits per heavy atom. The van der Waals surface area contributed by atoms with Crippen molar-refractivity contribution in [3.63, 3.8) is 0 Å². The van der Waals surface area contributed by atoms with E-state index in [1.165, 1.54) is 0 Å². The van der Waals surface area contributed by atoms with E-state index in [1.54, 1.807) is 41.4 Å². The van der Waals surface area contributed by atoms with Gasteiger partial charge in [-0.15, -0.1) is 10.2 Å². The summed E-state index contributed by atoms with van der Waals surface area (Å²) in [5.41, 5.74) is 0.831. The first-order valence-corrected chi connectivity index (χ1v) is 9.79. The van der Waals surface area contributed by atoms with Crippen LogP contribution >= 0.6 is 11.6 Å². The maximum atomic E-state index is 12.4. The van der Waals surface area contributed by atoms with Gasteiger partial charge in [0.05, 0.1) is 0 Å². The van der Waals surface area contributed by atoms with Gasteiger partial charge in [0.2, 0.25) is 11.8 Å². The SMILES string of the molecule is O=C(/C=C/c1ccccc1Cl)N1CCC(Oc2ccc(-n3cccn3)nn2)CC1. The van der Waals surface area contributed by atoms with Crippen molar-refractivity contribution in [2.24, 2.45) is 0 Å². The van der Waals surface area contributed by atoms with Crippen molar-refractivity contribution in [1.82, 2.24) is 24.9 Å². The minimum absolute atomic E-state index is 0.0106. The van der Waals surface area contributed by atoms with Gasteiger partial charge in [0.15, 0.2) is 5.82 Å². The molecule has 1 amide bonds. The van der Waals surface area contributed by atoms with E-state index in [1.807, 2.05) is 35.2 Å². The van der Waals surface area contributed by atoms with Crippen LogP contribution in [0.15, 0.2) is 60.9 Å². The number of amides is 1. The van der Waals surface area contributed by atoms with Crippen molar-refractivity contribution in [2.75, 3.05) is 13.1 Å². The van der Waals surface area contributed by atoms with Gasteiger partial charge in [-0.2, -0.15) is 5.10 Å². The number of benzene rings is 1. The van der Waals surface area contributed by atoms with Crippen molar-refractivity contribution in [1.29, 1.82) is 0 Å². The molecule has 7 nitrogen and oxygen atoms in total. The number of piperidine rings is 1. The van der Waals surface area contributed by atoms with Gasteiger partial charge in [-0.05, 0) is 29.8 Å². The topological polar surface area (TPSA) is 73.1 Å². The van der Waals surface area contributed by atoms with Gasteiger partial charge in [-0.25, -0.2) is 4.68 Å². The predicted octanol–water partition coefficient (Wildman–Crippen LogP) is 3.40. The lowest BCUT2D eigenvalue weighted by molar-refractivity contribution is -0.127. The van der Waals surface area contributed by atoms with E-state index in [0.717, 1.165) is 18.4 Å². The fraction of sp³-hybridized carbons (Fsp3) is 0.238. The zero-order valence-electron chi connectivity index (χ0n) is 15.7. The molecule has 29 heavy (non-hydrogen) atoms. The lowest BCUT2D eigenvalue weighted by atomic mass is 10.1. The number of ether oxygens (including phenoxy) is 1. The third-order valence-corrected chi connectivity index (χ3v) is 5.06. The maximum Gasteiger partial charge on any atom is 0.246 e. The summed E-state index contributed by atoms with van der Waals surface area (Å²) >= 11 is 6.12. The number of carbonyl (C=O) groups is 1. The Balaban J connectivity index is 1.28. The lowest BCUT2D eigenvalue weighted by Gasteiger charge is -2.31. The van der Waals surface area contributed by atoms with Gasteiger partial charge in [-0.3, -0.25) is 4.79 Å². The number of likely N-dealkylation sites (tertiary alicyclic amines) is 1. The molecule has 3 aromatic rings. The van der Waals surface area contributed by atoms with Crippen LogP contribution in [0.4, 0.5) is 0 Å². The molecule has 0 aliphatic carbocycles. The van der Waals surface area contributed by atoms with Crippen molar-refractivity contribution < 1.29 is 9.53 Å². The van der Waals surface area contributed by atoms with Crippen molar-refractivity contribution in [3.05, 3.63) is 71.5 Å². The normalized spacial score (nSPS) is 15.0. The van der Waals surface area contributed by atoms with Crippen LogP contribution < -0.4 is 4.74 Å². The molecule has 1 aromatic carbocycles. The van der Waals surface area contributed by atoms with Crippen LogP contribution in [0.3, 0.4) is 0 Å². The molecule has 1 aliphatic heterocycles. The Hall–Kier alpha value is -3.19. The molecule has 0 atom stereocenters. The summed E-state index contributed by atoms with van der Waals surface area (Å²) in [5, 5.41) is 13.0. The van der Waals surface area contributed by atoms with Gasteiger partial charge in [0.1, 0.15) is 6.10 Å². The highest BCUT2D eigenvalue weighted by Gasteiger charge is 2.23. The zero-order chi connectivity index (χ0) is 20.1. The highest BCUT2D eigenvalue weighted by Crippen LogP contribution is 2.19. The van der Waals surface area contributed by atoms with E-state index < -0.39 is 0 Å². The average molecular weight is 410 g/mol. The van der Waals surface area contributed by atoms with Crippen molar-refractivity contribution in [2.45, 2.75) is 18.9 Å². The van der Waals surface area contributed by atoms with E-state index >= 15 is 0 Å². The average Bonchev–Trinajstić information content (AvgIpc) is 3.29. The molecule has 1 aliphatic rings. The summed E-state index contributed by atoms with van der Waals surface area (Å²) in [6.07, 6.45) is 8.31. The Morgan fingerprint density at radius 2 is 1.93 bits per heavy atom. The number of rotatable bonds is 5.